The largest absolute Gasteiger partial charge is 0.463 e. The minimum atomic E-state index is -3.73. The third kappa shape index (κ3) is 5.12. The first kappa shape index (κ1) is 17.6. The maximum Gasteiger partial charge on any atom is 0.373 e. The first-order chi connectivity index (χ1) is 9.92. The molecule has 0 radical (unpaired) electrons. The van der Waals surface area contributed by atoms with Crippen LogP contribution in [-0.2, 0) is 19.5 Å². The van der Waals surface area contributed by atoms with E-state index in [0.29, 0.717) is 19.7 Å². The van der Waals surface area contributed by atoms with Crippen molar-refractivity contribution < 1.29 is 27.1 Å². The van der Waals surface area contributed by atoms with Crippen molar-refractivity contribution in [1.82, 2.24) is 10.0 Å². The van der Waals surface area contributed by atoms with E-state index in [2.05, 4.69) is 14.8 Å². The van der Waals surface area contributed by atoms with Crippen LogP contribution in [0.1, 0.15) is 16.3 Å². The monoisotopic (exact) mass is 320 g/mol. The maximum absolute atomic E-state index is 12.1. The SMILES string of the molecule is COCCNCCNS(=O)(=O)c1cc(C(=O)OC)oc1C. The van der Waals surface area contributed by atoms with Crippen molar-refractivity contribution in [2.45, 2.75) is 11.8 Å². The molecule has 1 aromatic rings. The van der Waals surface area contributed by atoms with Crippen LogP contribution >= 0.6 is 0 Å². The number of nitrogens with one attached hydrogen (secondary N) is 2. The number of methoxy groups -OCH3 is 2. The third-order valence-electron chi connectivity index (χ3n) is 2.63. The van der Waals surface area contributed by atoms with E-state index < -0.39 is 16.0 Å². The minimum absolute atomic E-state index is 0.0696. The predicted molar refractivity (Wildman–Crippen MR) is 74.7 cm³/mol. The second-order valence-corrected chi connectivity index (χ2v) is 5.90. The fraction of sp³-hybridized carbons (Fsp3) is 0.583. The summed E-state index contributed by atoms with van der Waals surface area (Å²) in [7, 11) is -0.946. The van der Waals surface area contributed by atoms with Gasteiger partial charge in [0.1, 0.15) is 10.7 Å². The summed E-state index contributed by atoms with van der Waals surface area (Å²) in [6.45, 7) is 3.33. The Labute approximate surface area is 123 Å². The predicted octanol–water partition coefficient (Wildman–Crippen LogP) is -0.111. The quantitative estimate of drug-likeness (QED) is 0.483. The lowest BCUT2D eigenvalue weighted by Gasteiger charge is -2.06. The molecule has 0 aliphatic rings. The Kier molecular flexibility index (Phi) is 6.82. The Morgan fingerprint density at radius 1 is 1.29 bits per heavy atom. The highest BCUT2D eigenvalue weighted by molar-refractivity contribution is 7.89. The van der Waals surface area contributed by atoms with Gasteiger partial charge in [-0.05, 0) is 6.92 Å². The van der Waals surface area contributed by atoms with Crippen LogP contribution in [0.25, 0.3) is 0 Å². The molecule has 0 amide bonds. The average Bonchev–Trinajstić information content (AvgIpc) is 2.84. The molecule has 2 N–H and O–H groups in total. The molecule has 0 aliphatic carbocycles. The van der Waals surface area contributed by atoms with Crippen LogP contribution in [0.4, 0.5) is 0 Å². The van der Waals surface area contributed by atoms with Gasteiger partial charge >= 0.3 is 5.97 Å². The molecular weight excluding hydrogens is 300 g/mol. The normalized spacial score (nSPS) is 11.6. The third-order valence-corrected chi connectivity index (χ3v) is 4.19. The van der Waals surface area contributed by atoms with Crippen molar-refractivity contribution in [1.29, 1.82) is 0 Å². The second-order valence-electron chi connectivity index (χ2n) is 4.16. The zero-order chi connectivity index (χ0) is 15.9. The molecule has 1 rings (SSSR count). The van der Waals surface area contributed by atoms with Gasteiger partial charge in [-0.3, -0.25) is 0 Å². The van der Waals surface area contributed by atoms with Gasteiger partial charge in [-0.15, -0.1) is 0 Å². The summed E-state index contributed by atoms with van der Waals surface area (Å²) in [4.78, 5) is 11.2. The van der Waals surface area contributed by atoms with E-state index in [1.54, 1.807) is 7.11 Å². The lowest BCUT2D eigenvalue weighted by atomic mass is 10.4. The van der Waals surface area contributed by atoms with E-state index in [9.17, 15) is 13.2 Å². The van der Waals surface area contributed by atoms with Gasteiger partial charge in [-0.25, -0.2) is 17.9 Å². The van der Waals surface area contributed by atoms with Crippen molar-refractivity contribution >= 4 is 16.0 Å². The number of ether oxygens (including phenoxy) is 2. The molecule has 0 saturated carbocycles. The molecule has 0 spiro atoms. The Morgan fingerprint density at radius 3 is 2.62 bits per heavy atom. The minimum Gasteiger partial charge on any atom is -0.463 e. The van der Waals surface area contributed by atoms with Crippen LogP contribution in [0, 0.1) is 6.92 Å². The van der Waals surface area contributed by atoms with Crippen LogP contribution < -0.4 is 10.0 Å². The average molecular weight is 320 g/mol. The summed E-state index contributed by atoms with van der Waals surface area (Å²) in [5.41, 5.74) is 0. The zero-order valence-electron chi connectivity index (χ0n) is 12.3. The van der Waals surface area contributed by atoms with Crippen LogP contribution in [0.3, 0.4) is 0 Å². The summed E-state index contributed by atoms with van der Waals surface area (Å²) in [6.07, 6.45) is 0. The van der Waals surface area contributed by atoms with Gasteiger partial charge in [0.2, 0.25) is 15.8 Å². The Bertz CT molecular complexity index is 566. The number of esters is 1. The molecular formula is C12H20N2O6S. The molecule has 21 heavy (non-hydrogen) atoms. The summed E-state index contributed by atoms with van der Waals surface area (Å²) >= 11 is 0. The number of carbonyl (C=O) groups excluding carboxylic acids is 1. The van der Waals surface area contributed by atoms with Crippen molar-refractivity contribution in [2.24, 2.45) is 0 Å². The number of rotatable bonds is 9. The van der Waals surface area contributed by atoms with Gasteiger partial charge in [-0.1, -0.05) is 0 Å². The topological polar surface area (TPSA) is 107 Å². The summed E-state index contributed by atoms with van der Waals surface area (Å²) in [5.74, 6) is -0.732. The van der Waals surface area contributed by atoms with Gasteiger partial charge in [-0.2, -0.15) is 0 Å². The number of hydrogen-bond acceptors (Lipinski definition) is 7. The Hall–Kier alpha value is -1.42. The van der Waals surface area contributed by atoms with E-state index in [0.717, 1.165) is 6.07 Å². The summed E-state index contributed by atoms with van der Waals surface area (Å²) in [5, 5.41) is 3.01. The molecule has 1 heterocycles. The Morgan fingerprint density at radius 2 is 2.00 bits per heavy atom. The highest BCUT2D eigenvalue weighted by Gasteiger charge is 2.23. The van der Waals surface area contributed by atoms with Crippen molar-refractivity contribution in [3.05, 3.63) is 17.6 Å². The van der Waals surface area contributed by atoms with Crippen LogP contribution in [0.5, 0.6) is 0 Å². The highest BCUT2D eigenvalue weighted by atomic mass is 32.2. The number of aryl methyl sites for hydroxylation is 1. The van der Waals surface area contributed by atoms with Gasteiger partial charge in [0.25, 0.3) is 0 Å². The van der Waals surface area contributed by atoms with Crippen molar-refractivity contribution in [3.8, 4) is 0 Å². The molecule has 0 aromatic carbocycles. The van der Waals surface area contributed by atoms with Gasteiger partial charge < -0.3 is 19.2 Å². The molecule has 0 fully saturated rings. The van der Waals surface area contributed by atoms with Crippen LogP contribution in [-0.4, -0.2) is 54.8 Å². The van der Waals surface area contributed by atoms with E-state index in [1.165, 1.54) is 14.0 Å². The number of sulfonamides is 1. The second kappa shape index (κ2) is 8.13. The molecule has 0 atom stereocenters. The zero-order valence-corrected chi connectivity index (χ0v) is 13.1. The van der Waals surface area contributed by atoms with E-state index in [4.69, 9.17) is 9.15 Å². The smallest absolute Gasteiger partial charge is 0.373 e. The first-order valence-electron chi connectivity index (χ1n) is 6.30. The fourth-order valence-corrected chi connectivity index (χ4v) is 2.79. The van der Waals surface area contributed by atoms with Gasteiger partial charge in [0.15, 0.2) is 0 Å². The van der Waals surface area contributed by atoms with Crippen molar-refractivity contribution in [2.75, 3.05) is 40.5 Å². The van der Waals surface area contributed by atoms with Gasteiger partial charge in [0, 0.05) is 32.8 Å². The summed E-state index contributed by atoms with van der Waals surface area (Å²) < 4.78 is 41.0. The highest BCUT2D eigenvalue weighted by Crippen LogP contribution is 2.20. The summed E-state index contributed by atoms with van der Waals surface area (Å²) in [6, 6.07) is 1.15. The fourth-order valence-electron chi connectivity index (χ4n) is 1.58. The molecule has 9 heteroatoms. The van der Waals surface area contributed by atoms with Gasteiger partial charge in [0.05, 0.1) is 13.7 Å². The molecule has 0 saturated heterocycles. The molecule has 120 valence electrons. The maximum atomic E-state index is 12.1. The standard InChI is InChI=1S/C12H20N2O6S/c1-9-11(8-10(20-9)12(15)19-3)21(16,17)14-5-4-13-6-7-18-2/h8,13-14H,4-7H2,1-3H3. The van der Waals surface area contributed by atoms with Crippen LogP contribution in [0.15, 0.2) is 15.4 Å². The molecule has 1 aromatic heterocycles. The number of carbonyl (C=O) groups is 1. The van der Waals surface area contributed by atoms with Crippen LogP contribution in [0.2, 0.25) is 0 Å². The first-order valence-corrected chi connectivity index (χ1v) is 7.78. The molecule has 0 bridgehead atoms. The number of furan rings is 1. The van der Waals surface area contributed by atoms with E-state index >= 15 is 0 Å². The van der Waals surface area contributed by atoms with E-state index in [1.807, 2.05) is 0 Å². The number of hydrogen-bond donors (Lipinski definition) is 2. The Balaban J connectivity index is 2.62. The van der Waals surface area contributed by atoms with Crippen molar-refractivity contribution in [3.63, 3.8) is 0 Å². The lowest BCUT2D eigenvalue weighted by molar-refractivity contribution is 0.0563. The molecule has 8 nitrogen and oxygen atoms in total. The lowest BCUT2D eigenvalue weighted by Crippen LogP contribution is -2.33. The molecule has 0 aliphatic heterocycles. The molecule has 0 unspecified atom stereocenters. The van der Waals surface area contributed by atoms with E-state index in [-0.39, 0.29) is 23.0 Å².